The Morgan fingerprint density at radius 3 is 2.31 bits per heavy atom. The average molecular weight is 242 g/mol. The van der Waals surface area contributed by atoms with Crippen molar-refractivity contribution >= 4 is 17.6 Å². The predicted octanol–water partition coefficient (Wildman–Crippen LogP) is 2.12. The van der Waals surface area contributed by atoms with Crippen molar-refractivity contribution in [1.82, 2.24) is 0 Å². The van der Waals surface area contributed by atoms with Crippen LogP contribution < -0.4 is 5.73 Å². The number of esters is 1. The Balaban J connectivity index is 3.01. The van der Waals surface area contributed by atoms with E-state index in [2.05, 4.69) is 4.74 Å². The molecule has 0 fully saturated rings. The Morgan fingerprint density at radius 1 is 1.38 bits per heavy atom. The second-order valence-electron chi connectivity index (χ2n) is 4.23. The zero-order valence-corrected chi connectivity index (χ0v) is 10.4. The molecular formula is C12H16ClNO2. The molecular weight excluding hydrogens is 226 g/mol. The molecule has 0 saturated carbocycles. The molecule has 0 aliphatic heterocycles. The molecule has 1 atom stereocenters. The largest absolute Gasteiger partial charge is 0.468 e. The summed E-state index contributed by atoms with van der Waals surface area (Å²) in [5, 5.41) is 0.659. The van der Waals surface area contributed by atoms with Crippen LogP contribution in [0.3, 0.4) is 0 Å². The first-order valence-corrected chi connectivity index (χ1v) is 5.37. The Hall–Kier alpha value is -1.06. The van der Waals surface area contributed by atoms with Crippen LogP contribution in [0, 0.1) is 0 Å². The first-order chi connectivity index (χ1) is 7.39. The van der Waals surface area contributed by atoms with Crippen LogP contribution in [-0.4, -0.2) is 19.1 Å². The molecule has 1 rings (SSSR count). The summed E-state index contributed by atoms with van der Waals surface area (Å²) in [4.78, 5) is 11.4. The Bertz CT molecular complexity index is 373. The molecule has 0 radical (unpaired) electrons. The first-order valence-electron chi connectivity index (χ1n) is 4.99. The van der Waals surface area contributed by atoms with Crippen LogP contribution >= 0.6 is 11.6 Å². The molecule has 4 heteroatoms. The van der Waals surface area contributed by atoms with Gasteiger partial charge in [0.1, 0.15) is 6.04 Å². The van der Waals surface area contributed by atoms with E-state index in [1.165, 1.54) is 7.11 Å². The van der Waals surface area contributed by atoms with Gasteiger partial charge in [0.05, 0.1) is 7.11 Å². The monoisotopic (exact) mass is 241 g/mol. The molecule has 1 aromatic carbocycles. The molecule has 0 aliphatic carbocycles. The van der Waals surface area contributed by atoms with E-state index < -0.39 is 17.4 Å². The number of rotatable bonds is 3. The summed E-state index contributed by atoms with van der Waals surface area (Å²) in [6.07, 6.45) is 0. The topological polar surface area (TPSA) is 52.3 Å². The summed E-state index contributed by atoms with van der Waals surface area (Å²) in [5.74, 6) is -0.417. The van der Waals surface area contributed by atoms with Gasteiger partial charge in [0.2, 0.25) is 0 Å². The van der Waals surface area contributed by atoms with Crippen LogP contribution in [0.2, 0.25) is 5.02 Å². The number of benzene rings is 1. The molecule has 0 saturated heterocycles. The van der Waals surface area contributed by atoms with Gasteiger partial charge in [-0.25, -0.2) is 0 Å². The lowest BCUT2D eigenvalue weighted by atomic mass is 9.78. The van der Waals surface area contributed by atoms with Crippen molar-refractivity contribution < 1.29 is 9.53 Å². The van der Waals surface area contributed by atoms with E-state index in [4.69, 9.17) is 17.3 Å². The van der Waals surface area contributed by atoms with Crippen molar-refractivity contribution in [1.29, 1.82) is 0 Å². The Morgan fingerprint density at radius 2 is 1.88 bits per heavy atom. The lowest BCUT2D eigenvalue weighted by Crippen LogP contribution is -2.47. The number of halogens is 1. The van der Waals surface area contributed by atoms with Crippen molar-refractivity contribution in [3.05, 3.63) is 34.9 Å². The summed E-state index contributed by atoms with van der Waals surface area (Å²) < 4.78 is 4.65. The molecule has 0 bridgehead atoms. The van der Waals surface area contributed by atoms with Gasteiger partial charge >= 0.3 is 5.97 Å². The lowest BCUT2D eigenvalue weighted by molar-refractivity contribution is -0.143. The van der Waals surface area contributed by atoms with E-state index >= 15 is 0 Å². The molecule has 3 nitrogen and oxygen atoms in total. The third-order valence-corrected chi connectivity index (χ3v) is 3.07. The minimum atomic E-state index is -0.696. The number of carbonyl (C=O) groups excluding carboxylic acids is 1. The number of nitrogens with two attached hydrogens (primary N) is 1. The van der Waals surface area contributed by atoms with Gasteiger partial charge in [-0.15, -0.1) is 0 Å². The van der Waals surface area contributed by atoms with Crippen LogP contribution in [0.15, 0.2) is 24.3 Å². The Labute approximate surface area is 101 Å². The fraction of sp³-hybridized carbons (Fsp3) is 0.417. The zero-order chi connectivity index (χ0) is 12.3. The molecule has 0 aliphatic rings. The standard InChI is InChI=1S/C12H16ClNO2/c1-12(2,10(14)11(15)16-3)8-4-6-9(13)7-5-8/h4-7,10H,14H2,1-3H3. The van der Waals surface area contributed by atoms with Gasteiger partial charge in [-0.1, -0.05) is 37.6 Å². The number of ether oxygens (including phenoxy) is 1. The van der Waals surface area contributed by atoms with E-state index in [0.29, 0.717) is 5.02 Å². The van der Waals surface area contributed by atoms with Gasteiger partial charge in [0.15, 0.2) is 0 Å². The maximum Gasteiger partial charge on any atom is 0.323 e. The smallest absolute Gasteiger partial charge is 0.323 e. The third kappa shape index (κ3) is 2.54. The average Bonchev–Trinajstić information content (AvgIpc) is 2.27. The van der Waals surface area contributed by atoms with Gasteiger partial charge in [-0.05, 0) is 17.7 Å². The highest BCUT2D eigenvalue weighted by atomic mass is 35.5. The highest BCUT2D eigenvalue weighted by molar-refractivity contribution is 6.30. The number of hydrogen-bond acceptors (Lipinski definition) is 3. The van der Waals surface area contributed by atoms with Crippen molar-refractivity contribution in [2.24, 2.45) is 5.73 Å². The summed E-state index contributed by atoms with van der Waals surface area (Å²) in [6.45, 7) is 3.80. The van der Waals surface area contributed by atoms with Crippen LogP contribution in [0.1, 0.15) is 19.4 Å². The molecule has 0 aromatic heterocycles. The summed E-state index contributed by atoms with van der Waals surface area (Å²) in [5.41, 5.74) is 6.33. The SMILES string of the molecule is COC(=O)C(N)C(C)(C)c1ccc(Cl)cc1. The summed E-state index contributed by atoms with van der Waals surface area (Å²) in [6, 6.07) is 6.60. The van der Waals surface area contributed by atoms with E-state index in [0.717, 1.165) is 5.56 Å². The molecule has 16 heavy (non-hydrogen) atoms. The van der Waals surface area contributed by atoms with Gasteiger partial charge < -0.3 is 10.5 Å². The number of methoxy groups -OCH3 is 1. The second kappa shape index (κ2) is 4.85. The first kappa shape index (κ1) is 13.0. The van der Waals surface area contributed by atoms with Crippen LogP contribution in [0.25, 0.3) is 0 Å². The van der Waals surface area contributed by atoms with Gasteiger partial charge in [0, 0.05) is 10.4 Å². The summed E-state index contributed by atoms with van der Waals surface area (Å²) >= 11 is 5.81. The highest BCUT2D eigenvalue weighted by Crippen LogP contribution is 2.27. The molecule has 0 spiro atoms. The maximum atomic E-state index is 11.4. The minimum absolute atomic E-state index is 0.417. The van der Waals surface area contributed by atoms with Crippen LogP contribution in [0.5, 0.6) is 0 Å². The molecule has 88 valence electrons. The lowest BCUT2D eigenvalue weighted by Gasteiger charge is -2.30. The maximum absolute atomic E-state index is 11.4. The second-order valence-corrected chi connectivity index (χ2v) is 4.67. The van der Waals surface area contributed by atoms with E-state index in [1.54, 1.807) is 12.1 Å². The van der Waals surface area contributed by atoms with Crippen molar-refractivity contribution in [3.63, 3.8) is 0 Å². The summed E-state index contributed by atoms with van der Waals surface area (Å²) in [7, 11) is 1.33. The molecule has 1 unspecified atom stereocenters. The molecule has 1 aromatic rings. The molecule has 0 heterocycles. The number of hydrogen-bond donors (Lipinski definition) is 1. The predicted molar refractivity (Wildman–Crippen MR) is 64.5 cm³/mol. The normalized spacial score (nSPS) is 13.3. The van der Waals surface area contributed by atoms with Gasteiger partial charge in [-0.2, -0.15) is 0 Å². The van der Waals surface area contributed by atoms with Crippen molar-refractivity contribution in [2.75, 3.05) is 7.11 Å². The van der Waals surface area contributed by atoms with E-state index in [9.17, 15) is 4.79 Å². The fourth-order valence-electron chi connectivity index (χ4n) is 1.48. The van der Waals surface area contributed by atoms with E-state index in [1.807, 2.05) is 26.0 Å². The van der Waals surface area contributed by atoms with Crippen molar-refractivity contribution in [2.45, 2.75) is 25.3 Å². The van der Waals surface area contributed by atoms with Crippen molar-refractivity contribution in [3.8, 4) is 0 Å². The molecule has 2 N–H and O–H groups in total. The Kier molecular flexibility index (Phi) is 3.94. The quantitative estimate of drug-likeness (QED) is 0.825. The highest BCUT2D eigenvalue weighted by Gasteiger charge is 2.34. The zero-order valence-electron chi connectivity index (χ0n) is 9.66. The number of carbonyl (C=O) groups is 1. The van der Waals surface area contributed by atoms with Gasteiger partial charge in [0.25, 0.3) is 0 Å². The minimum Gasteiger partial charge on any atom is -0.468 e. The van der Waals surface area contributed by atoms with Crippen LogP contribution in [0.4, 0.5) is 0 Å². The van der Waals surface area contributed by atoms with E-state index in [-0.39, 0.29) is 0 Å². The van der Waals surface area contributed by atoms with Gasteiger partial charge in [-0.3, -0.25) is 4.79 Å². The molecule has 0 amide bonds. The third-order valence-electron chi connectivity index (χ3n) is 2.82. The van der Waals surface area contributed by atoms with Crippen LogP contribution in [-0.2, 0) is 14.9 Å². The fourth-order valence-corrected chi connectivity index (χ4v) is 1.61.